The van der Waals surface area contributed by atoms with E-state index >= 15 is 0 Å². The fourth-order valence-corrected chi connectivity index (χ4v) is 4.94. The van der Waals surface area contributed by atoms with Crippen molar-refractivity contribution in [1.82, 2.24) is 4.31 Å². The van der Waals surface area contributed by atoms with E-state index in [9.17, 15) is 8.42 Å². The minimum atomic E-state index is -3.44. The van der Waals surface area contributed by atoms with Crippen molar-refractivity contribution in [3.63, 3.8) is 0 Å². The quantitative estimate of drug-likeness (QED) is 0.779. The summed E-state index contributed by atoms with van der Waals surface area (Å²) >= 11 is 5.83. The van der Waals surface area contributed by atoms with Gasteiger partial charge in [-0.1, -0.05) is 31.4 Å². The Labute approximate surface area is 127 Å². The molecule has 112 valence electrons. The Kier molecular flexibility index (Phi) is 5.47. The number of benzene rings is 1. The highest BCUT2D eigenvalue weighted by Gasteiger charge is 2.31. The molecule has 5 heteroatoms. The van der Waals surface area contributed by atoms with E-state index in [1.165, 1.54) is 6.42 Å². The zero-order valence-corrected chi connectivity index (χ0v) is 13.5. The second-order valence-corrected chi connectivity index (χ2v) is 7.68. The number of nitrogens with zero attached hydrogens (tertiary/aromatic N) is 1. The van der Waals surface area contributed by atoms with E-state index in [1.807, 2.05) is 13.0 Å². The van der Waals surface area contributed by atoms with Crippen LogP contribution < -0.4 is 0 Å². The molecule has 0 bridgehead atoms. The molecule has 0 radical (unpaired) electrons. The molecule has 1 aromatic carbocycles. The van der Waals surface area contributed by atoms with E-state index in [2.05, 4.69) is 0 Å². The van der Waals surface area contributed by atoms with Gasteiger partial charge in [0.05, 0.1) is 4.90 Å². The minimum absolute atomic E-state index is 0.105. The summed E-state index contributed by atoms with van der Waals surface area (Å²) in [5.74, 6) is 0.335. The van der Waals surface area contributed by atoms with Gasteiger partial charge in [0.15, 0.2) is 0 Å². The van der Waals surface area contributed by atoms with Crippen LogP contribution in [0.4, 0.5) is 0 Å². The second kappa shape index (κ2) is 6.92. The Morgan fingerprint density at radius 3 is 2.55 bits per heavy atom. The third kappa shape index (κ3) is 3.54. The first-order valence-electron chi connectivity index (χ1n) is 7.20. The average molecular weight is 316 g/mol. The third-order valence-corrected chi connectivity index (χ3v) is 6.00. The van der Waals surface area contributed by atoms with Crippen molar-refractivity contribution in [2.75, 3.05) is 12.4 Å². The lowest BCUT2D eigenvalue weighted by atomic mass is 9.95. The molecule has 1 aliphatic carbocycles. The lowest BCUT2D eigenvalue weighted by molar-refractivity contribution is 0.262. The number of alkyl halides is 1. The summed E-state index contributed by atoms with van der Waals surface area (Å²) in [6.07, 6.45) is 5.30. The summed E-state index contributed by atoms with van der Waals surface area (Å²) in [6, 6.07) is 7.22. The van der Waals surface area contributed by atoms with Crippen LogP contribution in [0.2, 0.25) is 0 Å². The molecule has 0 atom stereocenters. The molecule has 0 spiro atoms. The van der Waals surface area contributed by atoms with Gasteiger partial charge in [-0.3, -0.25) is 0 Å². The van der Waals surface area contributed by atoms with Gasteiger partial charge in [-0.2, -0.15) is 4.31 Å². The van der Waals surface area contributed by atoms with Crippen LogP contribution in [0.3, 0.4) is 0 Å². The Morgan fingerprint density at radius 2 is 1.95 bits per heavy atom. The summed E-state index contributed by atoms with van der Waals surface area (Å²) in [5.41, 5.74) is 0.959. The van der Waals surface area contributed by atoms with Gasteiger partial charge in [-0.15, -0.1) is 11.6 Å². The molecule has 20 heavy (non-hydrogen) atoms. The van der Waals surface area contributed by atoms with Crippen molar-refractivity contribution < 1.29 is 8.42 Å². The van der Waals surface area contributed by atoms with Crippen LogP contribution in [0, 0.1) is 6.92 Å². The van der Waals surface area contributed by atoms with Crippen LogP contribution >= 0.6 is 11.6 Å². The van der Waals surface area contributed by atoms with Crippen LogP contribution in [0.15, 0.2) is 29.2 Å². The third-order valence-electron chi connectivity index (χ3n) is 3.88. The molecule has 0 unspecified atom stereocenters. The Morgan fingerprint density at radius 1 is 1.25 bits per heavy atom. The predicted molar refractivity (Wildman–Crippen MR) is 82.7 cm³/mol. The van der Waals surface area contributed by atoms with Crippen molar-refractivity contribution in [3.8, 4) is 0 Å². The molecular weight excluding hydrogens is 294 g/mol. The van der Waals surface area contributed by atoms with Gasteiger partial charge in [-0.05, 0) is 37.5 Å². The molecular formula is C15H22ClNO2S. The van der Waals surface area contributed by atoms with Crippen molar-refractivity contribution in [2.45, 2.75) is 50.0 Å². The number of hydrogen-bond donors (Lipinski definition) is 0. The van der Waals surface area contributed by atoms with Crippen molar-refractivity contribution in [2.24, 2.45) is 0 Å². The maximum absolute atomic E-state index is 12.8. The minimum Gasteiger partial charge on any atom is -0.207 e. The monoisotopic (exact) mass is 315 g/mol. The van der Waals surface area contributed by atoms with E-state index < -0.39 is 10.0 Å². The van der Waals surface area contributed by atoms with Gasteiger partial charge in [0.1, 0.15) is 0 Å². The summed E-state index contributed by atoms with van der Waals surface area (Å²) in [6.45, 7) is 2.30. The molecule has 1 saturated carbocycles. The molecule has 2 rings (SSSR count). The van der Waals surface area contributed by atoms with Crippen LogP contribution in [-0.4, -0.2) is 31.2 Å². The van der Waals surface area contributed by atoms with E-state index in [-0.39, 0.29) is 6.04 Å². The Balaban J connectivity index is 2.31. The number of rotatable bonds is 5. The van der Waals surface area contributed by atoms with Crippen molar-refractivity contribution >= 4 is 21.6 Å². The largest absolute Gasteiger partial charge is 0.243 e. The standard InChI is InChI=1S/C15H22ClNO2S/c1-13-6-5-9-15(12-13)20(18,19)17(11-10-16)14-7-3-2-4-8-14/h5-6,9,12,14H,2-4,7-8,10-11H2,1H3. The van der Waals surface area contributed by atoms with Gasteiger partial charge in [-0.25, -0.2) is 8.42 Å². The molecule has 0 aromatic heterocycles. The van der Waals surface area contributed by atoms with Gasteiger partial charge < -0.3 is 0 Å². The first-order valence-corrected chi connectivity index (χ1v) is 9.17. The summed E-state index contributed by atoms with van der Waals surface area (Å²) in [5, 5.41) is 0. The summed E-state index contributed by atoms with van der Waals surface area (Å²) < 4.78 is 27.3. The Hall–Kier alpha value is -0.580. The maximum atomic E-state index is 12.8. The normalized spacial score (nSPS) is 17.6. The molecule has 0 N–H and O–H groups in total. The highest BCUT2D eigenvalue weighted by atomic mass is 35.5. The first kappa shape index (κ1) is 15.8. The maximum Gasteiger partial charge on any atom is 0.243 e. The molecule has 1 fully saturated rings. The van der Waals surface area contributed by atoms with E-state index in [0.29, 0.717) is 17.3 Å². The fourth-order valence-electron chi connectivity index (χ4n) is 2.86. The average Bonchev–Trinajstić information content (AvgIpc) is 2.45. The van der Waals surface area contributed by atoms with Crippen LogP contribution in [0.5, 0.6) is 0 Å². The van der Waals surface area contributed by atoms with Crippen LogP contribution in [0.1, 0.15) is 37.7 Å². The molecule has 1 aromatic rings. The molecule has 1 aliphatic rings. The number of sulfonamides is 1. The Bertz CT molecular complexity index is 539. The summed E-state index contributed by atoms with van der Waals surface area (Å²) in [4.78, 5) is 0.383. The van der Waals surface area contributed by atoms with Gasteiger partial charge in [0, 0.05) is 18.5 Å². The highest BCUT2D eigenvalue weighted by Crippen LogP contribution is 2.28. The molecule has 0 amide bonds. The highest BCUT2D eigenvalue weighted by molar-refractivity contribution is 7.89. The zero-order chi connectivity index (χ0) is 14.6. The molecule has 0 heterocycles. The second-order valence-electron chi connectivity index (χ2n) is 5.41. The van der Waals surface area contributed by atoms with Crippen molar-refractivity contribution in [3.05, 3.63) is 29.8 Å². The van der Waals surface area contributed by atoms with Crippen LogP contribution in [0.25, 0.3) is 0 Å². The molecule has 3 nitrogen and oxygen atoms in total. The van der Waals surface area contributed by atoms with E-state index in [4.69, 9.17) is 11.6 Å². The fraction of sp³-hybridized carbons (Fsp3) is 0.600. The number of hydrogen-bond acceptors (Lipinski definition) is 2. The topological polar surface area (TPSA) is 37.4 Å². The number of aryl methyl sites for hydroxylation is 1. The summed E-state index contributed by atoms with van der Waals surface area (Å²) in [7, 11) is -3.44. The van der Waals surface area contributed by atoms with Crippen molar-refractivity contribution in [1.29, 1.82) is 0 Å². The SMILES string of the molecule is Cc1cccc(S(=O)(=O)N(CCCl)C2CCCCC2)c1. The molecule has 0 saturated heterocycles. The number of halogens is 1. The van der Waals surface area contributed by atoms with Gasteiger partial charge in [0.25, 0.3) is 0 Å². The predicted octanol–water partition coefficient (Wildman–Crippen LogP) is 3.56. The van der Waals surface area contributed by atoms with Gasteiger partial charge >= 0.3 is 0 Å². The lowest BCUT2D eigenvalue weighted by Crippen LogP contribution is -2.42. The van der Waals surface area contributed by atoms with Gasteiger partial charge in [0.2, 0.25) is 10.0 Å². The van der Waals surface area contributed by atoms with E-state index in [1.54, 1.807) is 22.5 Å². The lowest BCUT2D eigenvalue weighted by Gasteiger charge is -2.33. The smallest absolute Gasteiger partial charge is 0.207 e. The van der Waals surface area contributed by atoms with Crippen LogP contribution in [-0.2, 0) is 10.0 Å². The van der Waals surface area contributed by atoms with E-state index in [0.717, 1.165) is 31.2 Å². The molecule has 0 aliphatic heterocycles. The zero-order valence-electron chi connectivity index (χ0n) is 11.9. The first-order chi connectivity index (χ1) is 9.55.